The molecule has 1 fully saturated rings. The van der Waals surface area contributed by atoms with E-state index in [2.05, 4.69) is 59.1 Å². The predicted octanol–water partition coefficient (Wildman–Crippen LogP) is 6.83. The summed E-state index contributed by atoms with van der Waals surface area (Å²) >= 11 is 0. The molecule has 42 heavy (non-hydrogen) atoms. The molecule has 6 heteroatoms. The van der Waals surface area contributed by atoms with Crippen LogP contribution in [0.3, 0.4) is 0 Å². The number of amides is 1. The number of methoxy groups -OCH3 is 1. The molecule has 0 bridgehead atoms. The highest BCUT2D eigenvalue weighted by atomic mass is 16.5. The van der Waals surface area contributed by atoms with E-state index >= 15 is 0 Å². The third-order valence-electron chi connectivity index (χ3n) is 8.88. The van der Waals surface area contributed by atoms with Gasteiger partial charge < -0.3 is 15.2 Å². The van der Waals surface area contributed by atoms with Gasteiger partial charge in [0.05, 0.1) is 31.2 Å². The average molecular weight is 562 g/mol. The summed E-state index contributed by atoms with van der Waals surface area (Å²) in [4.78, 5) is 18.7. The summed E-state index contributed by atoms with van der Waals surface area (Å²) in [5.74, 6) is 0.871. The Labute approximate surface area is 247 Å². The van der Waals surface area contributed by atoms with Gasteiger partial charge in [-0.15, -0.1) is 0 Å². The van der Waals surface area contributed by atoms with E-state index < -0.39 is 6.04 Å². The molecule has 0 unspecified atom stereocenters. The van der Waals surface area contributed by atoms with Crippen LogP contribution in [0.5, 0.6) is 5.75 Å². The lowest BCUT2D eigenvalue weighted by Crippen LogP contribution is -2.37. The Kier molecular flexibility index (Phi) is 7.98. The van der Waals surface area contributed by atoms with Crippen molar-refractivity contribution in [2.75, 3.05) is 13.7 Å². The van der Waals surface area contributed by atoms with Gasteiger partial charge in [-0.1, -0.05) is 67.4 Å². The number of hydrogen-bond acceptors (Lipinski definition) is 4. The minimum Gasteiger partial charge on any atom is -0.497 e. The van der Waals surface area contributed by atoms with Gasteiger partial charge in [-0.3, -0.25) is 9.20 Å². The lowest BCUT2D eigenvalue weighted by molar-refractivity contribution is -0.124. The quantitative estimate of drug-likeness (QED) is 0.207. The summed E-state index contributed by atoms with van der Waals surface area (Å²) in [5.41, 5.74) is 8.52. The van der Waals surface area contributed by atoms with Crippen molar-refractivity contribution in [3.63, 3.8) is 0 Å². The number of nitrogens with zero attached hydrogens (tertiary/aromatic N) is 2. The van der Waals surface area contributed by atoms with Crippen LogP contribution in [0.25, 0.3) is 16.6 Å². The van der Waals surface area contributed by atoms with Crippen LogP contribution in [0.4, 0.5) is 0 Å². The van der Waals surface area contributed by atoms with Crippen LogP contribution in [0.1, 0.15) is 71.3 Å². The molecule has 0 saturated heterocycles. The number of ether oxygens (including phenoxy) is 1. The molecule has 0 radical (unpaired) electrons. The van der Waals surface area contributed by atoms with Crippen LogP contribution in [0.2, 0.25) is 0 Å². The summed E-state index contributed by atoms with van der Waals surface area (Å²) in [7, 11) is 1.70. The van der Waals surface area contributed by atoms with E-state index in [-0.39, 0.29) is 18.4 Å². The van der Waals surface area contributed by atoms with E-state index in [9.17, 15) is 9.90 Å². The largest absolute Gasteiger partial charge is 0.497 e. The number of nitrogens with one attached hydrogen (secondary N) is 1. The van der Waals surface area contributed by atoms with Gasteiger partial charge in [0, 0.05) is 28.8 Å². The monoisotopic (exact) mass is 561 g/mol. The zero-order chi connectivity index (χ0) is 29.2. The molecule has 0 spiro atoms. The van der Waals surface area contributed by atoms with Crippen molar-refractivity contribution >= 4 is 22.5 Å². The first-order chi connectivity index (χ1) is 20.5. The molecule has 6 rings (SSSR count). The van der Waals surface area contributed by atoms with E-state index in [4.69, 9.17) is 9.72 Å². The molecular weight excluding hydrogens is 522 g/mol. The summed E-state index contributed by atoms with van der Waals surface area (Å²) in [5, 5.41) is 14.4. The van der Waals surface area contributed by atoms with Crippen molar-refractivity contribution in [1.82, 2.24) is 14.7 Å². The van der Waals surface area contributed by atoms with Crippen LogP contribution in [-0.4, -0.2) is 34.1 Å². The Morgan fingerprint density at radius 2 is 1.74 bits per heavy atom. The van der Waals surface area contributed by atoms with Crippen LogP contribution >= 0.6 is 0 Å². The normalized spacial score (nSPS) is 15.2. The first kappa shape index (κ1) is 28.0. The van der Waals surface area contributed by atoms with Gasteiger partial charge in [0.25, 0.3) is 0 Å². The molecule has 2 aromatic heterocycles. The van der Waals surface area contributed by atoms with Crippen molar-refractivity contribution < 1.29 is 14.6 Å². The Hall–Kier alpha value is -4.16. The molecule has 1 amide bonds. The SMILES string of the molecule is COc1ccc2c(c1)c(Cc1ccc([C@@H](C(=O)N[C@@H](CO)c3ccccc3)C3CCCC3)cc1)c1nc(C)cc(C)n12. The van der Waals surface area contributed by atoms with Gasteiger partial charge in [-0.05, 0) is 73.6 Å². The molecular formula is C36H39N3O3. The van der Waals surface area contributed by atoms with Crippen molar-refractivity contribution in [3.05, 3.63) is 113 Å². The highest BCUT2D eigenvalue weighted by Crippen LogP contribution is 2.39. The summed E-state index contributed by atoms with van der Waals surface area (Å²) in [6.07, 6.45) is 5.11. The molecule has 2 heterocycles. The Bertz CT molecular complexity index is 1700. The highest BCUT2D eigenvalue weighted by molar-refractivity contribution is 5.93. The third-order valence-corrected chi connectivity index (χ3v) is 8.88. The number of carbonyl (C=O) groups excluding carboxylic acids is 1. The average Bonchev–Trinajstić information content (AvgIpc) is 3.64. The topological polar surface area (TPSA) is 75.9 Å². The fourth-order valence-electron chi connectivity index (χ4n) is 6.82. The van der Waals surface area contributed by atoms with Crippen LogP contribution in [0, 0.1) is 19.8 Å². The van der Waals surface area contributed by atoms with Gasteiger partial charge in [-0.2, -0.15) is 0 Å². The predicted molar refractivity (Wildman–Crippen MR) is 167 cm³/mol. The lowest BCUT2D eigenvalue weighted by atomic mass is 9.83. The Morgan fingerprint density at radius 1 is 1.00 bits per heavy atom. The molecule has 3 aromatic carbocycles. The fourth-order valence-corrected chi connectivity index (χ4v) is 6.82. The maximum atomic E-state index is 13.8. The fraction of sp³-hybridized carbons (Fsp3) is 0.333. The second-order valence-electron chi connectivity index (χ2n) is 11.7. The van der Waals surface area contributed by atoms with Crippen LogP contribution in [-0.2, 0) is 11.2 Å². The van der Waals surface area contributed by atoms with Gasteiger partial charge in [0.1, 0.15) is 11.4 Å². The second-order valence-corrected chi connectivity index (χ2v) is 11.7. The van der Waals surface area contributed by atoms with Crippen LogP contribution in [0.15, 0.2) is 78.9 Å². The van der Waals surface area contributed by atoms with E-state index in [0.717, 1.165) is 76.9 Å². The molecule has 2 N–H and O–H groups in total. The standard InChI is InChI=1S/C36H39N3O3/c1-23-19-24(2)39-33-18-17-29(42-3)21-30(33)31(35(39)37-23)20-25-13-15-28(16-14-25)34(27-11-7-8-12-27)36(41)38-32(22-40)26-9-5-4-6-10-26/h4-6,9-10,13-19,21,27,32,34,40H,7-8,11-12,20,22H2,1-3H3,(H,38,41)/t32-,34-/m0/s1. The smallest absolute Gasteiger partial charge is 0.228 e. The highest BCUT2D eigenvalue weighted by Gasteiger charge is 2.33. The number of benzene rings is 3. The van der Waals surface area contributed by atoms with Gasteiger partial charge in [0.15, 0.2) is 0 Å². The number of carbonyl (C=O) groups is 1. The number of hydrogen-bond donors (Lipinski definition) is 2. The van der Waals surface area contributed by atoms with Gasteiger partial charge in [0.2, 0.25) is 5.91 Å². The first-order valence-corrected chi connectivity index (χ1v) is 15.0. The molecule has 216 valence electrons. The number of rotatable bonds is 9. The zero-order valence-electron chi connectivity index (χ0n) is 24.6. The molecule has 0 aliphatic heterocycles. The lowest BCUT2D eigenvalue weighted by Gasteiger charge is -2.26. The summed E-state index contributed by atoms with van der Waals surface area (Å²) in [6.45, 7) is 4.03. The van der Waals surface area contributed by atoms with E-state index in [1.807, 2.05) is 43.3 Å². The van der Waals surface area contributed by atoms with Crippen molar-refractivity contribution in [1.29, 1.82) is 0 Å². The second kappa shape index (κ2) is 12.0. The Balaban J connectivity index is 1.32. The minimum atomic E-state index is -0.422. The zero-order valence-corrected chi connectivity index (χ0v) is 24.6. The van der Waals surface area contributed by atoms with Crippen LogP contribution < -0.4 is 10.1 Å². The molecule has 2 atom stereocenters. The number of aromatic nitrogens is 2. The van der Waals surface area contributed by atoms with Gasteiger partial charge >= 0.3 is 0 Å². The molecule has 1 aliphatic rings. The molecule has 5 aromatic rings. The summed E-state index contributed by atoms with van der Waals surface area (Å²) < 4.78 is 7.80. The maximum Gasteiger partial charge on any atom is 0.228 e. The van der Waals surface area contributed by atoms with Crippen molar-refractivity contribution in [2.24, 2.45) is 5.92 Å². The van der Waals surface area contributed by atoms with E-state index in [1.54, 1.807) is 7.11 Å². The summed E-state index contributed by atoms with van der Waals surface area (Å²) in [6, 6.07) is 26.2. The number of aryl methyl sites for hydroxylation is 2. The minimum absolute atomic E-state index is 0.00998. The number of aliphatic hydroxyl groups is 1. The molecule has 1 aliphatic carbocycles. The van der Waals surface area contributed by atoms with Crippen molar-refractivity contribution in [3.8, 4) is 5.75 Å². The third kappa shape index (κ3) is 5.39. The first-order valence-electron chi connectivity index (χ1n) is 15.0. The number of aliphatic hydroxyl groups excluding tert-OH is 1. The molecule has 6 nitrogen and oxygen atoms in total. The maximum absolute atomic E-state index is 13.8. The number of fused-ring (bicyclic) bond motifs is 3. The molecule has 1 saturated carbocycles. The van der Waals surface area contributed by atoms with Gasteiger partial charge in [-0.25, -0.2) is 4.98 Å². The van der Waals surface area contributed by atoms with E-state index in [0.29, 0.717) is 5.92 Å². The van der Waals surface area contributed by atoms with E-state index in [1.165, 1.54) is 11.1 Å². The van der Waals surface area contributed by atoms with Crippen molar-refractivity contribution in [2.45, 2.75) is 57.9 Å². The Morgan fingerprint density at radius 3 is 2.43 bits per heavy atom.